The van der Waals surface area contributed by atoms with Crippen LogP contribution < -0.4 is 5.73 Å². The van der Waals surface area contributed by atoms with E-state index in [0.717, 1.165) is 17.1 Å². The van der Waals surface area contributed by atoms with Gasteiger partial charge in [-0.3, -0.25) is 0 Å². The quantitative estimate of drug-likeness (QED) is 0.818. The SMILES string of the molecule is CN(C)S(=O)(=O)c1cccc(S(=O)(=O)N2CC3CCC(N)C3C2)c1. The first-order valence-electron chi connectivity index (χ1n) is 7.92. The Morgan fingerprint density at radius 2 is 1.75 bits per heavy atom. The normalized spacial score (nSPS) is 28.4. The van der Waals surface area contributed by atoms with Crippen molar-refractivity contribution in [1.82, 2.24) is 8.61 Å². The van der Waals surface area contributed by atoms with Crippen molar-refractivity contribution in [2.24, 2.45) is 17.6 Å². The van der Waals surface area contributed by atoms with Crippen LogP contribution in [0.1, 0.15) is 12.8 Å². The maximum Gasteiger partial charge on any atom is 0.243 e. The highest BCUT2D eigenvalue weighted by molar-refractivity contribution is 7.90. The largest absolute Gasteiger partial charge is 0.327 e. The van der Waals surface area contributed by atoms with Crippen molar-refractivity contribution < 1.29 is 16.8 Å². The van der Waals surface area contributed by atoms with Gasteiger partial charge >= 0.3 is 0 Å². The molecule has 1 saturated carbocycles. The van der Waals surface area contributed by atoms with Crippen molar-refractivity contribution in [3.8, 4) is 0 Å². The predicted octanol–water partition coefficient (Wildman–Crippen LogP) is 0.295. The van der Waals surface area contributed by atoms with Crippen molar-refractivity contribution >= 4 is 20.0 Å². The highest BCUT2D eigenvalue weighted by atomic mass is 32.2. The van der Waals surface area contributed by atoms with Gasteiger partial charge in [-0.05, 0) is 42.9 Å². The molecule has 1 aliphatic heterocycles. The molecule has 0 radical (unpaired) electrons. The third kappa shape index (κ3) is 2.88. The molecular weight excluding hydrogens is 350 g/mol. The third-order valence-corrected chi connectivity index (χ3v) is 8.74. The molecule has 0 amide bonds. The average molecular weight is 374 g/mol. The summed E-state index contributed by atoms with van der Waals surface area (Å²) in [6.07, 6.45) is 1.90. The van der Waals surface area contributed by atoms with E-state index in [2.05, 4.69) is 0 Å². The van der Waals surface area contributed by atoms with E-state index >= 15 is 0 Å². The van der Waals surface area contributed by atoms with E-state index in [1.165, 1.54) is 42.7 Å². The number of hydrogen-bond donors (Lipinski definition) is 1. The summed E-state index contributed by atoms with van der Waals surface area (Å²) in [5.74, 6) is 0.511. The summed E-state index contributed by atoms with van der Waals surface area (Å²) < 4.78 is 52.8. The zero-order valence-corrected chi connectivity index (χ0v) is 15.4. The van der Waals surface area contributed by atoms with Crippen molar-refractivity contribution in [2.75, 3.05) is 27.2 Å². The standard InChI is InChI=1S/C15H23N3O4S2/c1-17(2)23(19,20)12-4-3-5-13(8-12)24(21,22)18-9-11-6-7-15(16)14(11)10-18/h3-5,8,11,14-15H,6-7,9-10,16H2,1-2H3. The molecular formula is C15H23N3O4S2. The average Bonchev–Trinajstić information content (AvgIpc) is 3.10. The topological polar surface area (TPSA) is 101 Å². The second-order valence-electron chi connectivity index (χ2n) is 6.75. The van der Waals surface area contributed by atoms with Gasteiger partial charge in [0.2, 0.25) is 20.0 Å². The molecule has 1 aromatic rings. The van der Waals surface area contributed by atoms with Gasteiger partial charge in [-0.15, -0.1) is 0 Å². The van der Waals surface area contributed by atoms with Crippen LogP contribution in [-0.4, -0.2) is 58.7 Å². The number of hydrogen-bond acceptors (Lipinski definition) is 5. The van der Waals surface area contributed by atoms with Crippen LogP contribution in [0, 0.1) is 11.8 Å². The highest BCUT2D eigenvalue weighted by Crippen LogP contribution is 2.39. The van der Waals surface area contributed by atoms with E-state index in [1.807, 2.05) is 0 Å². The van der Waals surface area contributed by atoms with Crippen LogP contribution in [0.15, 0.2) is 34.1 Å². The molecule has 2 aliphatic rings. The summed E-state index contributed by atoms with van der Waals surface area (Å²) >= 11 is 0. The van der Waals surface area contributed by atoms with Gasteiger partial charge in [0.15, 0.2) is 0 Å². The first-order valence-corrected chi connectivity index (χ1v) is 10.8. The van der Waals surface area contributed by atoms with Crippen LogP contribution in [0.4, 0.5) is 0 Å². The molecule has 134 valence electrons. The molecule has 7 nitrogen and oxygen atoms in total. The van der Waals surface area contributed by atoms with Gasteiger partial charge in [-0.25, -0.2) is 21.1 Å². The molecule has 24 heavy (non-hydrogen) atoms. The molecule has 0 aromatic heterocycles. The Morgan fingerprint density at radius 3 is 2.38 bits per heavy atom. The Morgan fingerprint density at radius 1 is 1.08 bits per heavy atom. The second-order valence-corrected chi connectivity index (χ2v) is 10.8. The van der Waals surface area contributed by atoms with Crippen molar-refractivity contribution in [3.63, 3.8) is 0 Å². The van der Waals surface area contributed by atoms with E-state index in [0.29, 0.717) is 19.0 Å². The van der Waals surface area contributed by atoms with Crippen LogP contribution >= 0.6 is 0 Å². The van der Waals surface area contributed by atoms with E-state index in [-0.39, 0.29) is 21.8 Å². The molecule has 1 heterocycles. The van der Waals surface area contributed by atoms with Gasteiger partial charge in [-0.1, -0.05) is 6.07 Å². The number of nitrogens with zero attached hydrogens (tertiary/aromatic N) is 2. The monoisotopic (exact) mass is 373 g/mol. The molecule has 2 fully saturated rings. The van der Waals surface area contributed by atoms with Gasteiger partial charge in [0.1, 0.15) is 0 Å². The minimum absolute atomic E-state index is 0.0129. The van der Waals surface area contributed by atoms with E-state index in [9.17, 15) is 16.8 Å². The fraction of sp³-hybridized carbons (Fsp3) is 0.600. The summed E-state index contributed by atoms with van der Waals surface area (Å²) in [6.45, 7) is 0.879. The molecule has 3 unspecified atom stereocenters. The summed E-state index contributed by atoms with van der Waals surface area (Å²) in [7, 11) is -4.56. The summed E-state index contributed by atoms with van der Waals surface area (Å²) in [5, 5.41) is 0. The van der Waals surface area contributed by atoms with Gasteiger partial charge < -0.3 is 5.73 Å². The molecule has 0 spiro atoms. The summed E-state index contributed by atoms with van der Waals surface area (Å²) in [4.78, 5) is -0.0105. The lowest BCUT2D eigenvalue weighted by Crippen LogP contribution is -2.33. The lowest BCUT2D eigenvalue weighted by Gasteiger charge is -2.19. The van der Waals surface area contributed by atoms with Gasteiger partial charge in [0, 0.05) is 33.2 Å². The molecule has 1 aromatic carbocycles. The number of fused-ring (bicyclic) bond motifs is 1. The Kier molecular flexibility index (Phi) is 4.50. The lowest BCUT2D eigenvalue weighted by atomic mass is 9.98. The first-order chi connectivity index (χ1) is 11.1. The Balaban J connectivity index is 1.92. The van der Waals surface area contributed by atoms with Crippen LogP contribution in [0.5, 0.6) is 0 Å². The van der Waals surface area contributed by atoms with E-state index < -0.39 is 20.0 Å². The summed E-state index contributed by atoms with van der Waals surface area (Å²) in [5.41, 5.74) is 6.07. The van der Waals surface area contributed by atoms with Crippen molar-refractivity contribution in [1.29, 1.82) is 0 Å². The third-order valence-electron chi connectivity index (χ3n) is 5.10. The zero-order valence-electron chi connectivity index (χ0n) is 13.8. The molecule has 2 N–H and O–H groups in total. The number of benzene rings is 1. The fourth-order valence-corrected chi connectivity index (χ4v) is 6.22. The van der Waals surface area contributed by atoms with Gasteiger partial charge in [0.05, 0.1) is 9.79 Å². The Hall–Kier alpha value is -1.00. The minimum Gasteiger partial charge on any atom is -0.327 e. The number of rotatable bonds is 4. The summed E-state index contributed by atoms with van der Waals surface area (Å²) in [6, 6.07) is 5.60. The maximum absolute atomic E-state index is 12.9. The highest BCUT2D eigenvalue weighted by Gasteiger charge is 2.45. The predicted molar refractivity (Wildman–Crippen MR) is 90.3 cm³/mol. The maximum atomic E-state index is 12.9. The van der Waals surface area contributed by atoms with Crippen LogP contribution in [-0.2, 0) is 20.0 Å². The molecule has 3 atom stereocenters. The second kappa shape index (κ2) is 6.06. The van der Waals surface area contributed by atoms with Gasteiger partial charge in [0.25, 0.3) is 0 Å². The van der Waals surface area contributed by atoms with Crippen molar-refractivity contribution in [3.05, 3.63) is 24.3 Å². The van der Waals surface area contributed by atoms with E-state index in [4.69, 9.17) is 5.73 Å². The van der Waals surface area contributed by atoms with Gasteiger partial charge in [-0.2, -0.15) is 4.31 Å². The molecule has 9 heteroatoms. The Labute approximate surface area is 143 Å². The van der Waals surface area contributed by atoms with Crippen molar-refractivity contribution in [2.45, 2.75) is 28.7 Å². The van der Waals surface area contributed by atoms with Crippen LogP contribution in [0.25, 0.3) is 0 Å². The molecule has 0 bridgehead atoms. The number of nitrogens with two attached hydrogens (primary N) is 1. The zero-order chi connectivity index (χ0) is 17.7. The fourth-order valence-electron chi connectivity index (χ4n) is 3.62. The molecule has 3 rings (SSSR count). The van der Waals surface area contributed by atoms with E-state index in [1.54, 1.807) is 0 Å². The number of sulfonamides is 2. The molecule has 1 aliphatic carbocycles. The Bertz CT molecular complexity index is 836. The van der Waals surface area contributed by atoms with Crippen LogP contribution in [0.2, 0.25) is 0 Å². The first kappa shape index (κ1) is 17.8. The lowest BCUT2D eigenvalue weighted by molar-refractivity contribution is 0.427. The minimum atomic E-state index is -3.72. The molecule has 1 saturated heterocycles. The van der Waals surface area contributed by atoms with Crippen LogP contribution in [0.3, 0.4) is 0 Å². The smallest absolute Gasteiger partial charge is 0.243 e.